The Morgan fingerprint density at radius 1 is 1.53 bits per heavy atom. The number of hydrogen-bond acceptors (Lipinski definition) is 5. The Hall–Kier alpha value is -1.43. The van der Waals surface area contributed by atoms with E-state index in [1.165, 1.54) is 25.8 Å². The molecule has 2 heterocycles. The highest BCUT2D eigenvalue weighted by Crippen LogP contribution is 2.16. The Bertz CT molecular complexity index is 412. The molecule has 2 rings (SSSR count). The van der Waals surface area contributed by atoms with Crippen LogP contribution in [0.2, 0.25) is 0 Å². The second-order valence-corrected chi connectivity index (χ2v) is 5.09. The molecular formula is C13H22FN5. The molecule has 6 heteroatoms. The van der Waals surface area contributed by atoms with Gasteiger partial charge in [-0.3, -0.25) is 0 Å². The number of nitrogen functional groups attached to an aromatic ring is 1. The van der Waals surface area contributed by atoms with Gasteiger partial charge < -0.3 is 16.0 Å². The first-order chi connectivity index (χ1) is 9.16. The molecule has 0 radical (unpaired) electrons. The first-order valence-electron chi connectivity index (χ1n) is 6.93. The van der Waals surface area contributed by atoms with Crippen LogP contribution >= 0.6 is 0 Å². The second-order valence-electron chi connectivity index (χ2n) is 5.09. The van der Waals surface area contributed by atoms with Gasteiger partial charge in [0.15, 0.2) is 11.6 Å². The van der Waals surface area contributed by atoms with E-state index in [9.17, 15) is 4.39 Å². The first-order valence-corrected chi connectivity index (χ1v) is 6.93. The molecule has 1 atom stereocenters. The van der Waals surface area contributed by atoms with Crippen molar-refractivity contribution < 1.29 is 4.39 Å². The third kappa shape index (κ3) is 4.02. The van der Waals surface area contributed by atoms with Gasteiger partial charge in [0, 0.05) is 19.1 Å². The molecule has 1 unspecified atom stereocenters. The maximum absolute atomic E-state index is 13.4. The Morgan fingerprint density at radius 3 is 3.16 bits per heavy atom. The Morgan fingerprint density at radius 2 is 2.37 bits per heavy atom. The van der Waals surface area contributed by atoms with Crippen molar-refractivity contribution >= 4 is 11.8 Å². The highest BCUT2D eigenvalue weighted by Gasteiger charge is 2.17. The summed E-state index contributed by atoms with van der Waals surface area (Å²) < 4.78 is 13.4. The van der Waals surface area contributed by atoms with Crippen LogP contribution < -0.4 is 11.1 Å². The lowest BCUT2D eigenvalue weighted by atomic mass is 10.0. The highest BCUT2D eigenvalue weighted by atomic mass is 19.1. The molecule has 0 aromatic carbocycles. The molecule has 0 amide bonds. The van der Waals surface area contributed by atoms with Gasteiger partial charge in [-0.05, 0) is 32.7 Å². The minimum Gasteiger partial charge on any atom is -0.368 e. The number of aromatic nitrogens is 2. The number of nitrogens with zero attached hydrogens (tertiary/aromatic N) is 3. The zero-order chi connectivity index (χ0) is 13.7. The minimum absolute atomic E-state index is 0.0913. The molecule has 106 valence electrons. The van der Waals surface area contributed by atoms with Crippen LogP contribution in [0, 0.1) is 5.82 Å². The van der Waals surface area contributed by atoms with Crippen LogP contribution in [0.15, 0.2) is 6.20 Å². The lowest BCUT2D eigenvalue weighted by Gasteiger charge is -2.33. The van der Waals surface area contributed by atoms with Gasteiger partial charge in [0.05, 0.1) is 6.20 Å². The second kappa shape index (κ2) is 6.65. The zero-order valence-corrected chi connectivity index (χ0v) is 11.4. The van der Waals surface area contributed by atoms with Crippen molar-refractivity contribution in [3.63, 3.8) is 0 Å². The van der Waals surface area contributed by atoms with E-state index in [4.69, 9.17) is 5.73 Å². The van der Waals surface area contributed by atoms with Gasteiger partial charge in [-0.2, -0.15) is 4.98 Å². The lowest BCUT2D eigenvalue weighted by Crippen LogP contribution is -2.38. The normalized spacial score (nSPS) is 20.4. The van der Waals surface area contributed by atoms with Crippen LogP contribution in [0.3, 0.4) is 0 Å². The predicted molar refractivity (Wildman–Crippen MR) is 74.4 cm³/mol. The maximum Gasteiger partial charge on any atom is 0.222 e. The van der Waals surface area contributed by atoms with E-state index >= 15 is 0 Å². The third-order valence-electron chi connectivity index (χ3n) is 3.62. The van der Waals surface area contributed by atoms with Crippen LogP contribution in [0.4, 0.5) is 16.2 Å². The summed E-state index contributed by atoms with van der Waals surface area (Å²) in [7, 11) is 0. The van der Waals surface area contributed by atoms with Crippen molar-refractivity contribution in [3.05, 3.63) is 12.0 Å². The van der Waals surface area contributed by atoms with Gasteiger partial charge >= 0.3 is 0 Å². The Labute approximate surface area is 113 Å². The average molecular weight is 267 g/mol. The molecule has 1 fully saturated rings. The Balaban J connectivity index is 1.73. The van der Waals surface area contributed by atoms with Gasteiger partial charge in [-0.25, -0.2) is 9.37 Å². The summed E-state index contributed by atoms with van der Waals surface area (Å²) in [6.07, 6.45) is 5.96. The summed E-state index contributed by atoms with van der Waals surface area (Å²) in [5, 5.41) is 2.98. The van der Waals surface area contributed by atoms with E-state index in [0.29, 0.717) is 12.6 Å². The number of anilines is 2. The highest BCUT2D eigenvalue weighted by molar-refractivity contribution is 5.38. The van der Waals surface area contributed by atoms with Crippen LogP contribution in [-0.4, -0.2) is 40.5 Å². The van der Waals surface area contributed by atoms with Gasteiger partial charge in [-0.1, -0.05) is 6.42 Å². The smallest absolute Gasteiger partial charge is 0.222 e. The number of piperidine rings is 1. The van der Waals surface area contributed by atoms with Crippen LogP contribution in [0.25, 0.3) is 0 Å². The number of hydrogen-bond donors (Lipinski definition) is 2. The van der Waals surface area contributed by atoms with Crippen molar-refractivity contribution in [2.75, 3.05) is 30.7 Å². The maximum atomic E-state index is 13.4. The van der Waals surface area contributed by atoms with E-state index in [0.717, 1.165) is 19.2 Å². The van der Waals surface area contributed by atoms with E-state index < -0.39 is 5.82 Å². The van der Waals surface area contributed by atoms with Crippen molar-refractivity contribution in [3.8, 4) is 0 Å². The van der Waals surface area contributed by atoms with Gasteiger partial charge in [0.1, 0.15) is 0 Å². The standard InChI is InChI=1S/C13H22FN5/c1-10-5-2-3-7-19(10)8-4-6-16-12-11(14)9-17-13(15)18-12/h9-10H,2-8H2,1H3,(H3,15,16,17,18). The average Bonchev–Trinajstić information content (AvgIpc) is 2.40. The van der Waals surface area contributed by atoms with Crippen LogP contribution in [-0.2, 0) is 0 Å². The summed E-state index contributed by atoms with van der Waals surface area (Å²) in [6.45, 7) is 5.18. The molecule has 0 saturated carbocycles. The number of nitrogens with one attached hydrogen (secondary N) is 1. The van der Waals surface area contributed by atoms with E-state index in [1.54, 1.807) is 0 Å². The number of halogens is 1. The summed E-state index contributed by atoms with van der Waals surface area (Å²) in [5.41, 5.74) is 5.43. The quantitative estimate of drug-likeness (QED) is 0.797. The molecule has 5 nitrogen and oxygen atoms in total. The fourth-order valence-corrected chi connectivity index (χ4v) is 2.48. The van der Waals surface area contributed by atoms with Crippen molar-refractivity contribution in [2.24, 2.45) is 0 Å². The summed E-state index contributed by atoms with van der Waals surface area (Å²) >= 11 is 0. The lowest BCUT2D eigenvalue weighted by molar-refractivity contribution is 0.160. The monoisotopic (exact) mass is 267 g/mol. The van der Waals surface area contributed by atoms with Crippen molar-refractivity contribution in [1.82, 2.24) is 14.9 Å². The molecule has 1 aromatic rings. The molecular weight excluding hydrogens is 245 g/mol. The van der Waals surface area contributed by atoms with Gasteiger partial charge in [-0.15, -0.1) is 0 Å². The third-order valence-corrected chi connectivity index (χ3v) is 3.62. The number of nitrogens with two attached hydrogens (primary N) is 1. The predicted octanol–water partition coefficient (Wildman–Crippen LogP) is 1.87. The number of likely N-dealkylation sites (tertiary alicyclic amines) is 1. The topological polar surface area (TPSA) is 67.1 Å². The first kappa shape index (κ1) is 14.0. The molecule has 1 aliphatic heterocycles. The largest absolute Gasteiger partial charge is 0.368 e. The van der Waals surface area contributed by atoms with Gasteiger partial charge in [0.25, 0.3) is 0 Å². The minimum atomic E-state index is -0.458. The SMILES string of the molecule is CC1CCCCN1CCCNc1nc(N)ncc1F. The zero-order valence-electron chi connectivity index (χ0n) is 11.4. The van der Waals surface area contributed by atoms with Crippen LogP contribution in [0.5, 0.6) is 0 Å². The summed E-state index contributed by atoms with van der Waals surface area (Å²) in [4.78, 5) is 9.93. The Kier molecular flexibility index (Phi) is 4.90. The van der Waals surface area contributed by atoms with Gasteiger partial charge in [0.2, 0.25) is 5.95 Å². The molecule has 1 saturated heterocycles. The molecule has 1 aromatic heterocycles. The number of rotatable bonds is 5. The van der Waals surface area contributed by atoms with E-state index in [2.05, 4.69) is 27.1 Å². The van der Waals surface area contributed by atoms with Crippen molar-refractivity contribution in [2.45, 2.75) is 38.6 Å². The van der Waals surface area contributed by atoms with Crippen molar-refractivity contribution in [1.29, 1.82) is 0 Å². The molecule has 0 aliphatic carbocycles. The molecule has 1 aliphatic rings. The van der Waals surface area contributed by atoms with E-state index in [-0.39, 0.29) is 11.8 Å². The molecule has 0 bridgehead atoms. The fourth-order valence-electron chi connectivity index (χ4n) is 2.48. The summed E-state index contributed by atoms with van der Waals surface area (Å²) in [5.74, 6) is -0.173. The molecule has 0 spiro atoms. The summed E-state index contributed by atoms with van der Waals surface area (Å²) in [6, 6.07) is 0.667. The van der Waals surface area contributed by atoms with E-state index in [1.807, 2.05) is 0 Å². The molecule has 3 N–H and O–H groups in total. The van der Waals surface area contributed by atoms with Crippen LogP contribution in [0.1, 0.15) is 32.6 Å². The molecule has 19 heavy (non-hydrogen) atoms. The fraction of sp³-hybridized carbons (Fsp3) is 0.692.